The van der Waals surface area contributed by atoms with Gasteiger partial charge in [-0.1, -0.05) is 0 Å². The van der Waals surface area contributed by atoms with Gasteiger partial charge in [0.25, 0.3) is 0 Å². The Morgan fingerprint density at radius 1 is 1.29 bits per heavy atom. The second kappa shape index (κ2) is 4.68. The predicted molar refractivity (Wildman–Crippen MR) is 65.9 cm³/mol. The first-order valence-corrected chi connectivity index (χ1v) is 5.12. The molecule has 0 saturated carbocycles. The summed E-state index contributed by atoms with van der Waals surface area (Å²) < 4.78 is 0. The first-order valence-electron chi connectivity index (χ1n) is 4.74. The largest absolute Gasteiger partial charge is 0.394 e. The van der Waals surface area contributed by atoms with Crippen molar-refractivity contribution in [2.75, 3.05) is 11.1 Å². The van der Waals surface area contributed by atoms with E-state index in [4.69, 9.17) is 22.6 Å². The molecule has 3 N–H and O–H groups in total. The monoisotopic (exact) mass is 245 g/mol. The second-order valence-electron chi connectivity index (χ2n) is 3.26. The number of rotatable bonds is 2. The molecule has 0 bridgehead atoms. The van der Waals surface area contributed by atoms with Gasteiger partial charge in [0, 0.05) is 5.69 Å². The highest BCUT2D eigenvalue weighted by molar-refractivity contribution is 6.28. The smallest absolute Gasteiger partial charge is 0.224 e. The number of anilines is 3. The Balaban J connectivity index is 2.25. The van der Waals surface area contributed by atoms with Crippen molar-refractivity contribution < 1.29 is 0 Å². The molecular weight excluding hydrogens is 238 g/mol. The van der Waals surface area contributed by atoms with E-state index >= 15 is 0 Å². The second-order valence-corrected chi connectivity index (χ2v) is 3.60. The van der Waals surface area contributed by atoms with Crippen LogP contribution in [0.1, 0.15) is 5.56 Å². The number of nitrogens with one attached hydrogen (secondary N) is 1. The van der Waals surface area contributed by atoms with Crippen LogP contribution < -0.4 is 11.1 Å². The number of hydrogen-bond acceptors (Lipinski definition) is 5. The minimum absolute atomic E-state index is 0.121. The van der Waals surface area contributed by atoms with Gasteiger partial charge in [-0.2, -0.15) is 10.2 Å². The van der Waals surface area contributed by atoms with E-state index in [9.17, 15) is 0 Å². The van der Waals surface area contributed by atoms with Crippen LogP contribution in [-0.4, -0.2) is 9.97 Å². The molecule has 6 heteroatoms. The molecule has 0 radical (unpaired) electrons. The lowest BCUT2D eigenvalue weighted by Gasteiger charge is -2.07. The Labute approximate surface area is 103 Å². The molecule has 0 fully saturated rings. The van der Waals surface area contributed by atoms with Gasteiger partial charge in [-0.3, -0.25) is 0 Å². The van der Waals surface area contributed by atoms with E-state index < -0.39 is 0 Å². The van der Waals surface area contributed by atoms with E-state index in [1.807, 2.05) is 6.07 Å². The van der Waals surface area contributed by atoms with Gasteiger partial charge >= 0.3 is 0 Å². The molecule has 0 aliphatic rings. The topological polar surface area (TPSA) is 87.6 Å². The Bertz CT molecular complexity index is 573. The van der Waals surface area contributed by atoms with E-state index in [1.54, 1.807) is 24.3 Å². The molecule has 0 spiro atoms. The summed E-state index contributed by atoms with van der Waals surface area (Å²) in [5, 5.41) is 11.8. The third-order valence-electron chi connectivity index (χ3n) is 2.06. The van der Waals surface area contributed by atoms with Crippen molar-refractivity contribution >= 4 is 28.8 Å². The summed E-state index contributed by atoms with van der Waals surface area (Å²) in [5.41, 5.74) is 7.45. The number of halogens is 1. The first-order chi connectivity index (χ1) is 8.19. The zero-order chi connectivity index (χ0) is 12.3. The van der Waals surface area contributed by atoms with Gasteiger partial charge in [-0.05, 0) is 35.9 Å². The van der Waals surface area contributed by atoms with Gasteiger partial charge in [0.15, 0.2) is 5.82 Å². The summed E-state index contributed by atoms with van der Waals surface area (Å²) in [6, 6.07) is 8.95. The van der Waals surface area contributed by atoms with E-state index in [1.165, 1.54) is 6.20 Å². The average Bonchev–Trinajstić information content (AvgIpc) is 2.35. The van der Waals surface area contributed by atoms with Crippen molar-refractivity contribution in [3.05, 3.63) is 41.3 Å². The molecule has 1 heterocycles. The van der Waals surface area contributed by atoms with Gasteiger partial charge < -0.3 is 11.1 Å². The highest BCUT2D eigenvalue weighted by Gasteiger charge is 2.03. The van der Waals surface area contributed by atoms with Crippen LogP contribution in [0.25, 0.3) is 0 Å². The molecule has 0 aliphatic heterocycles. The quantitative estimate of drug-likeness (QED) is 0.793. The van der Waals surface area contributed by atoms with Gasteiger partial charge in [-0.15, -0.1) is 0 Å². The maximum absolute atomic E-state index is 8.67. The fraction of sp³-hybridized carbons (Fsp3) is 0. The van der Waals surface area contributed by atoms with Gasteiger partial charge in [0.1, 0.15) is 0 Å². The lowest BCUT2D eigenvalue weighted by molar-refractivity contribution is 1.17. The number of benzene rings is 1. The molecule has 0 amide bonds. The number of aromatic nitrogens is 2. The van der Waals surface area contributed by atoms with Crippen molar-refractivity contribution in [1.29, 1.82) is 5.26 Å². The van der Waals surface area contributed by atoms with Crippen LogP contribution in [-0.2, 0) is 0 Å². The maximum Gasteiger partial charge on any atom is 0.224 e. The molecule has 2 aromatic rings. The zero-order valence-corrected chi connectivity index (χ0v) is 9.44. The van der Waals surface area contributed by atoms with Crippen molar-refractivity contribution in [2.45, 2.75) is 0 Å². The molecular formula is C11H8ClN5. The summed E-state index contributed by atoms with van der Waals surface area (Å²) in [5.74, 6) is 0.440. The molecule has 2 rings (SSSR count). The Morgan fingerprint density at radius 2 is 2.00 bits per heavy atom. The normalized spacial score (nSPS) is 9.65. The number of nitrogens with zero attached hydrogens (tertiary/aromatic N) is 3. The molecule has 84 valence electrons. The summed E-state index contributed by atoms with van der Waals surface area (Å²) in [6.45, 7) is 0. The van der Waals surface area contributed by atoms with Crippen molar-refractivity contribution in [1.82, 2.24) is 9.97 Å². The molecule has 0 saturated heterocycles. The van der Waals surface area contributed by atoms with Crippen molar-refractivity contribution in [3.63, 3.8) is 0 Å². The molecule has 1 aromatic carbocycles. The summed E-state index contributed by atoms with van der Waals surface area (Å²) in [4.78, 5) is 7.72. The SMILES string of the molecule is N#Cc1ccc(Nc2nc(Cl)ncc2N)cc1. The minimum atomic E-state index is 0.121. The lowest BCUT2D eigenvalue weighted by Crippen LogP contribution is -2.00. The fourth-order valence-corrected chi connectivity index (χ4v) is 1.37. The molecule has 0 aliphatic carbocycles. The average molecular weight is 246 g/mol. The van der Waals surface area contributed by atoms with Gasteiger partial charge in [0.2, 0.25) is 5.28 Å². The Hall–Kier alpha value is -2.32. The standard InChI is InChI=1S/C11H8ClN5/c12-11-15-6-9(14)10(17-11)16-8-3-1-7(5-13)2-4-8/h1-4,6H,14H2,(H,15,16,17). The summed E-state index contributed by atoms with van der Waals surface area (Å²) >= 11 is 5.67. The molecule has 0 atom stereocenters. The van der Waals surface area contributed by atoms with Gasteiger partial charge in [0.05, 0.1) is 23.5 Å². The maximum atomic E-state index is 8.67. The third-order valence-corrected chi connectivity index (χ3v) is 2.25. The zero-order valence-electron chi connectivity index (χ0n) is 8.68. The van der Waals surface area contributed by atoms with Crippen LogP contribution >= 0.6 is 11.6 Å². The summed E-state index contributed by atoms with van der Waals surface area (Å²) in [7, 11) is 0. The minimum Gasteiger partial charge on any atom is -0.394 e. The number of nitrogens with two attached hydrogens (primary N) is 1. The predicted octanol–water partition coefficient (Wildman–Crippen LogP) is 2.33. The van der Waals surface area contributed by atoms with Crippen molar-refractivity contribution in [3.8, 4) is 6.07 Å². The van der Waals surface area contributed by atoms with Crippen LogP contribution in [0.15, 0.2) is 30.5 Å². The van der Waals surface area contributed by atoms with Gasteiger partial charge in [-0.25, -0.2) is 4.98 Å². The van der Waals surface area contributed by atoms with E-state index in [0.29, 0.717) is 17.1 Å². The highest BCUT2D eigenvalue weighted by atomic mass is 35.5. The van der Waals surface area contributed by atoms with Crippen LogP contribution in [0, 0.1) is 11.3 Å². The third kappa shape index (κ3) is 2.62. The molecule has 1 aromatic heterocycles. The fourth-order valence-electron chi connectivity index (χ4n) is 1.23. The molecule has 17 heavy (non-hydrogen) atoms. The van der Waals surface area contributed by atoms with Crippen LogP contribution in [0.5, 0.6) is 0 Å². The van der Waals surface area contributed by atoms with E-state index in [0.717, 1.165) is 5.69 Å². The van der Waals surface area contributed by atoms with E-state index in [2.05, 4.69) is 15.3 Å². The van der Waals surface area contributed by atoms with Crippen LogP contribution in [0.2, 0.25) is 5.28 Å². The lowest BCUT2D eigenvalue weighted by atomic mass is 10.2. The summed E-state index contributed by atoms with van der Waals surface area (Å²) in [6.07, 6.45) is 1.43. The molecule has 5 nitrogen and oxygen atoms in total. The first kappa shape index (κ1) is 11.2. The number of nitrogen functional groups attached to an aromatic ring is 1. The Morgan fingerprint density at radius 3 is 2.65 bits per heavy atom. The highest BCUT2D eigenvalue weighted by Crippen LogP contribution is 2.21. The number of nitriles is 1. The van der Waals surface area contributed by atoms with Crippen LogP contribution in [0.3, 0.4) is 0 Å². The van der Waals surface area contributed by atoms with Crippen LogP contribution in [0.4, 0.5) is 17.2 Å². The van der Waals surface area contributed by atoms with E-state index in [-0.39, 0.29) is 5.28 Å². The Kier molecular flexibility index (Phi) is 3.08. The molecule has 0 unspecified atom stereocenters. The van der Waals surface area contributed by atoms with Crippen molar-refractivity contribution in [2.24, 2.45) is 0 Å². The number of hydrogen-bond donors (Lipinski definition) is 2.